The topological polar surface area (TPSA) is 68.5 Å². The summed E-state index contributed by atoms with van der Waals surface area (Å²) < 4.78 is 1.89. The second kappa shape index (κ2) is 5.98. The molecular weight excluding hydrogens is 304 g/mol. The van der Waals surface area contributed by atoms with E-state index in [0.29, 0.717) is 5.95 Å². The Morgan fingerprint density at radius 3 is 2.95 bits per heavy atom. The van der Waals surface area contributed by atoms with Gasteiger partial charge in [-0.15, -0.1) is 21.5 Å². The number of hydrogen-bond acceptors (Lipinski definition) is 7. The number of rotatable bonds is 5. The molecule has 3 aromatic rings. The summed E-state index contributed by atoms with van der Waals surface area (Å²) in [4.78, 5) is 11.5. The minimum atomic E-state index is 0.677. The van der Waals surface area contributed by atoms with Crippen LogP contribution in [0.15, 0.2) is 22.6 Å². The van der Waals surface area contributed by atoms with Gasteiger partial charge >= 0.3 is 0 Å². The molecule has 8 heteroatoms. The van der Waals surface area contributed by atoms with Crippen molar-refractivity contribution in [3.63, 3.8) is 0 Å². The first kappa shape index (κ1) is 14.3. The first-order chi connectivity index (χ1) is 10.2. The monoisotopic (exact) mass is 320 g/mol. The van der Waals surface area contributed by atoms with Crippen LogP contribution >= 0.6 is 23.1 Å². The van der Waals surface area contributed by atoms with Crippen LogP contribution in [-0.4, -0.2) is 31.3 Å². The molecule has 3 heterocycles. The number of aryl methyl sites for hydroxylation is 2. The molecule has 0 radical (unpaired) electrons. The van der Waals surface area contributed by atoms with Crippen LogP contribution in [0.3, 0.4) is 0 Å². The lowest BCUT2D eigenvalue weighted by molar-refractivity contribution is 0.787. The first-order valence-electron chi connectivity index (χ1n) is 6.71. The number of fused-ring (bicyclic) bond motifs is 1. The molecule has 0 unspecified atom stereocenters. The van der Waals surface area contributed by atoms with Gasteiger partial charge in [-0.05, 0) is 31.2 Å². The lowest BCUT2D eigenvalue weighted by Crippen LogP contribution is -2.04. The van der Waals surface area contributed by atoms with Gasteiger partial charge in [0.2, 0.25) is 5.95 Å². The lowest BCUT2D eigenvalue weighted by atomic mass is 10.4. The zero-order chi connectivity index (χ0) is 14.8. The van der Waals surface area contributed by atoms with Gasteiger partial charge in [0.25, 0.3) is 0 Å². The quantitative estimate of drug-likeness (QED) is 0.729. The Morgan fingerprint density at radius 1 is 1.38 bits per heavy atom. The molecule has 0 saturated heterocycles. The van der Waals surface area contributed by atoms with Crippen LogP contribution in [0.1, 0.15) is 18.2 Å². The van der Waals surface area contributed by atoms with Crippen LogP contribution < -0.4 is 5.32 Å². The molecule has 1 N–H and O–H groups in total. The molecule has 0 fully saturated rings. The van der Waals surface area contributed by atoms with Crippen molar-refractivity contribution in [2.24, 2.45) is 7.05 Å². The van der Waals surface area contributed by atoms with E-state index in [9.17, 15) is 0 Å². The molecule has 0 aliphatic heterocycles. The Hall–Kier alpha value is -1.67. The lowest BCUT2D eigenvalue weighted by Gasteiger charge is -2.06. The van der Waals surface area contributed by atoms with E-state index in [1.807, 2.05) is 11.6 Å². The smallest absolute Gasteiger partial charge is 0.225 e. The highest BCUT2D eigenvalue weighted by Gasteiger charge is 2.14. The van der Waals surface area contributed by atoms with Crippen molar-refractivity contribution in [1.82, 2.24) is 24.7 Å². The van der Waals surface area contributed by atoms with Gasteiger partial charge in [-0.2, -0.15) is 0 Å². The van der Waals surface area contributed by atoms with Crippen molar-refractivity contribution in [2.75, 3.05) is 11.9 Å². The van der Waals surface area contributed by atoms with E-state index in [1.165, 1.54) is 16.6 Å². The number of thiophene rings is 1. The maximum atomic E-state index is 4.63. The van der Waals surface area contributed by atoms with E-state index in [-0.39, 0.29) is 0 Å². The van der Waals surface area contributed by atoms with Crippen LogP contribution in [0.25, 0.3) is 10.2 Å². The molecular formula is C13H16N6S2. The molecule has 0 spiro atoms. The number of anilines is 1. The molecule has 0 aliphatic carbocycles. The van der Waals surface area contributed by atoms with Gasteiger partial charge in [0.05, 0.1) is 0 Å². The molecule has 21 heavy (non-hydrogen) atoms. The first-order valence-corrected chi connectivity index (χ1v) is 8.34. The predicted molar refractivity (Wildman–Crippen MR) is 86.1 cm³/mol. The van der Waals surface area contributed by atoms with Gasteiger partial charge < -0.3 is 9.88 Å². The minimum absolute atomic E-state index is 0.677. The van der Waals surface area contributed by atoms with Crippen LogP contribution in [0, 0.1) is 6.92 Å². The maximum absolute atomic E-state index is 4.63. The third-order valence-electron chi connectivity index (χ3n) is 2.87. The summed E-state index contributed by atoms with van der Waals surface area (Å²) in [5.41, 5.74) is 0. The predicted octanol–water partition coefficient (Wildman–Crippen LogP) is 3.10. The molecule has 0 aliphatic rings. The molecule has 0 atom stereocenters. The van der Waals surface area contributed by atoms with E-state index >= 15 is 0 Å². The van der Waals surface area contributed by atoms with Gasteiger partial charge in [-0.25, -0.2) is 9.97 Å². The van der Waals surface area contributed by atoms with Gasteiger partial charge in [0.1, 0.15) is 16.2 Å². The third kappa shape index (κ3) is 3.01. The molecule has 6 nitrogen and oxygen atoms in total. The Kier molecular flexibility index (Phi) is 4.07. The summed E-state index contributed by atoms with van der Waals surface area (Å²) in [6.45, 7) is 5.07. The minimum Gasteiger partial charge on any atom is -0.354 e. The zero-order valence-corrected chi connectivity index (χ0v) is 13.8. The summed E-state index contributed by atoms with van der Waals surface area (Å²) in [5.74, 6) is 0.677. The number of nitrogens with one attached hydrogen (secondary N) is 1. The van der Waals surface area contributed by atoms with Gasteiger partial charge in [-0.1, -0.05) is 6.92 Å². The van der Waals surface area contributed by atoms with E-state index in [2.05, 4.69) is 45.4 Å². The van der Waals surface area contributed by atoms with Crippen LogP contribution in [0.5, 0.6) is 0 Å². The fourth-order valence-electron chi connectivity index (χ4n) is 1.86. The van der Waals surface area contributed by atoms with Gasteiger partial charge in [0, 0.05) is 23.9 Å². The highest BCUT2D eigenvalue weighted by Crippen LogP contribution is 2.34. The summed E-state index contributed by atoms with van der Waals surface area (Å²) in [7, 11) is 1.93. The second-order valence-electron chi connectivity index (χ2n) is 4.68. The van der Waals surface area contributed by atoms with Crippen molar-refractivity contribution < 1.29 is 0 Å². The summed E-state index contributed by atoms with van der Waals surface area (Å²) in [6.07, 6.45) is 2.73. The van der Waals surface area contributed by atoms with Crippen molar-refractivity contribution >= 4 is 39.3 Å². The van der Waals surface area contributed by atoms with Crippen molar-refractivity contribution in [1.29, 1.82) is 0 Å². The fraction of sp³-hybridized carbons (Fsp3) is 0.385. The molecule has 0 amide bonds. The summed E-state index contributed by atoms with van der Waals surface area (Å²) in [5, 5.41) is 14.1. The zero-order valence-electron chi connectivity index (χ0n) is 12.1. The highest BCUT2D eigenvalue weighted by molar-refractivity contribution is 7.99. The average molecular weight is 320 g/mol. The molecule has 3 rings (SSSR count). The van der Waals surface area contributed by atoms with Gasteiger partial charge in [0.15, 0.2) is 5.16 Å². The summed E-state index contributed by atoms with van der Waals surface area (Å²) >= 11 is 3.20. The van der Waals surface area contributed by atoms with Crippen LogP contribution in [-0.2, 0) is 7.05 Å². The largest absolute Gasteiger partial charge is 0.354 e. The van der Waals surface area contributed by atoms with E-state index in [4.69, 9.17) is 0 Å². The third-order valence-corrected chi connectivity index (χ3v) is 4.87. The summed E-state index contributed by atoms with van der Waals surface area (Å²) in [6, 6.07) is 2.13. The standard InChI is InChI=1S/C13H16N6S2/c1-4-5-14-12-16-10-9(6-8(2)20-10)11(17-12)21-13-18-15-7-19(13)3/h6-7H,4-5H2,1-3H3,(H,14,16,17). The van der Waals surface area contributed by atoms with Crippen molar-refractivity contribution in [3.8, 4) is 0 Å². The molecule has 3 aromatic heterocycles. The van der Waals surface area contributed by atoms with E-state index in [0.717, 1.165) is 33.4 Å². The Morgan fingerprint density at radius 2 is 2.24 bits per heavy atom. The number of aromatic nitrogens is 5. The maximum Gasteiger partial charge on any atom is 0.225 e. The van der Waals surface area contributed by atoms with E-state index < -0.39 is 0 Å². The van der Waals surface area contributed by atoms with Crippen LogP contribution in [0.4, 0.5) is 5.95 Å². The normalized spacial score (nSPS) is 11.2. The Balaban J connectivity index is 2.03. The second-order valence-corrected chi connectivity index (χ2v) is 6.87. The molecule has 0 saturated carbocycles. The number of nitrogens with zero attached hydrogens (tertiary/aromatic N) is 5. The molecule has 0 aromatic carbocycles. The SMILES string of the molecule is CCCNc1nc(Sc2nncn2C)c2cc(C)sc2n1. The van der Waals surface area contributed by atoms with Crippen molar-refractivity contribution in [3.05, 3.63) is 17.3 Å². The fourth-order valence-corrected chi connectivity index (χ4v) is 3.65. The highest BCUT2D eigenvalue weighted by atomic mass is 32.2. The molecule has 0 bridgehead atoms. The van der Waals surface area contributed by atoms with Crippen molar-refractivity contribution in [2.45, 2.75) is 30.5 Å². The average Bonchev–Trinajstić information content (AvgIpc) is 3.02. The Labute approximate surface area is 131 Å². The van der Waals surface area contributed by atoms with Crippen LogP contribution in [0.2, 0.25) is 0 Å². The molecule has 110 valence electrons. The Bertz CT molecular complexity index is 763. The number of hydrogen-bond donors (Lipinski definition) is 1. The van der Waals surface area contributed by atoms with Gasteiger partial charge in [-0.3, -0.25) is 0 Å². The van der Waals surface area contributed by atoms with E-state index in [1.54, 1.807) is 17.7 Å².